The molecule has 0 amide bonds. The van der Waals surface area contributed by atoms with Crippen LogP contribution in [0.5, 0.6) is 0 Å². The van der Waals surface area contributed by atoms with E-state index in [1.165, 1.54) is 6.20 Å². The monoisotopic (exact) mass is 242 g/mol. The van der Waals surface area contributed by atoms with Crippen LogP contribution in [0.15, 0.2) is 27.3 Å². The molecular formula is C7H3BrN2O3. The summed E-state index contributed by atoms with van der Waals surface area (Å²) in [5.41, 5.74) is 0.404. The van der Waals surface area contributed by atoms with Crippen LogP contribution >= 0.6 is 15.9 Å². The Morgan fingerprint density at radius 3 is 3.00 bits per heavy atom. The lowest BCUT2D eigenvalue weighted by molar-refractivity contribution is -0.402. The maximum absolute atomic E-state index is 10.5. The summed E-state index contributed by atoms with van der Waals surface area (Å²) in [6.07, 6.45) is 2.99. The SMILES string of the molecule is O=[N+]([O-])c1oc2cnccc2c1Br. The molecular weight excluding hydrogens is 240 g/mol. The quantitative estimate of drug-likeness (QED) is 0.569. The van der Waals surface area contributed by atoms with Crippen LogP contribution in [0.1, 0.15) is 0 Å². The van der Waals surface area contributed by atoms with Crippen LogP contribution < -0.4 is 0 Å². The Morgan fingerprint density at radius 1 is 1.62 bits per heavy atom. The molecule has 0 aliphatic carbocycles. The van der Waals surface area contributed by atoms with E-state index in [0.717, 1.165) is 0 Å². The molecule has 0 aliphatic heterocycles. The van der Waals surface area contributed by atoms with Crippen LogP contribution in [0.25, 0.3) is 11.0 Å². The van der Waals surface area contributed by atoms with Gasteiger partial charge in [0, 0.05) is 11.6 Å². The fourth-order valence-electron chi connectivity index (χ4n) is 1.02. The Bertz CT molecular complexity index is 480. The Hall–Kier alpha value is -1.43. The van der Waals surface area contributed by atoms with Gasteiger partial charge in [0.1, 0.15) is 9.40 Å². The van der Waals surface area contributed by atoms with Crippen molar-refractivity contribution < 1.29 is 9.34 Å². The van der Waals surface area contributed by atoms with Crippen molar-refractivity contribution in [1.29, 1.82) is 0 Å². The third kappa shape index (κ3) is 1.19. The highest BCUT2D eigenvalue weighted by Crippen LogP contribution is 2.35. The van der Waals surface area contributed by atoms with Gasteiger partial charge < -0.3 is 4.42 Å². The maximum Gasteiger partial charge on any atom is 0.448 e. The van der Waals surface area contributed by atoms with E-state index in [-0.39, 0.29) is 5.88 Å². The largest absolute Gasteiger partial charge is 0.448 e. The lowest BCUT2D eigenvalue weighted by Gasteiger charge is -1.82. The number of nitrogens with zero attached hydrogens (tertiary/aromatic N) is 2. The third-order valence-corrected chi connectivity index (χ3v) is 2.35. The second-order valence-corrected chi connectivity index (χ2v) is 3.14. The Kier molecular flexibility index (Phi) is 1.77. The van der Waals surface area contributed by atoms with E-state index in [4.69, 9.17) is 4.42 Å². The molecule has 66 valence electrons. The van der Waals surface area contributed by atoms with Gasteiger partial charge >= 0.3 is 5.88 Å². The minimum atomic E-state index is -0.579. The fraction of sp³-hybridized carbons (Fsp3) is 0. The van der Waals surface area contributed by atoms with Crippen molar-refractivity contribution in [2.24, 2.45) is 0 Å². The zero-order valence-corrected chi connectivity index (χ0v) is 7.82. The van der Waals surface area contributed by atoms with Crippen LogP contribution in [0, 0.1) is 10.1 Å². The number of hydrogen-bond donors (Lipinski definition) is 0. The van der Waals surface area contributed by atoms with Crippen molar-refractivity contribution >= 4 is 32.8 Å². The number of fused-ring (bicyclic) bond motifs is 1. The van der Waals surface area contributed by atoms with Crippen molar-refractivity contribution in [3.05, 3.63) is 33.0 Å². The first-order valence-electron chi connectivity index (χ1n) is 3.36. The molecule has 2 aromatic heterocycles. The first kappa shape index (κ1) is 8.18. The van der Waals surface area contributed by atoms with Crippen molar-refractivity contribution in [1.82, 2.24) is 4.98 Å². The lowest BCUT2D eigenvalue weighted by atomic mass is 10.3. The van der Waals surface area contributed by atoms with Crippen LogP contribution in [-0.4, -0.2) is 9.91 Å². The molecule has 0 N–H and O–H groups in total. The van der Waals surface area contributed by atoms with Crippen molar-refractivity contribution in [2.45, 2.75) is 0 Å². The summed E-state index contributed by atoms with van der Waals surface area (Å²) in [4.78, 5) is 13.7. The second-order valence-electron chi connectivity index (χ2n) is 2.35. The molecule has 0 saturated carbocycles. The van der Waals surface area contributed by atoms with Crippen LogP contribution in [-0.2, 0) is 0 Å². The van der Waals surface area contributed by atoms with Gasteiger partial charge in [-0.25, -0.2) is 0 Å². The molecule has 0 saturated heterocycles. The van der Waals surface area contributed by atoms with Crippen LogP contribution in [0.3, 0.4) is 0 Å². The third-order valence-electron chi connectivity index (χ3n) is 1.58. The predicted molar refractivity (Wildman–Crippen MR) is 48.4 cm³/mol. The summed E-state index contributed by atoms with van der Waals surface area (Å²) in [7, 11) is 0. The van der Waals surface area contributed by atoms with Gasteiger partial charge in [-0.3, -0.25) is 15.1 Å². The van der Waals surface area contributed by atoms with Gasteiger partial charge in [0.2, 0.25) is 0 Å². The van der Waals surface area contributed by atoms with Crippen LogP contribution in [0.4, 0.5) is 5.88 Å². The molecule has 6 heteroatoms. The molecule has 2 rings (SSSR count). The van der Waals surface area contributed by atoms with Gasteiger partial charge in [-0.1, -0.05) is 0 Å². The zero-order valence-electron chi connectivity index (χ0n) is 6.23. The second kappa shape index (κ2) is 2.81. The minimum Gasteiger partial charge on any atom is -0.398 e. The topological polar surface area (TPSA) is 69.2 Å². The molecule has 0 aliphatic rings. The summed E-state index contributed by atoms with van der Waals surface area (Å²) in [6, 6.07) is 1.65. The summed E-state index contributed by atoms with van der Waals surface area (Å²) in [5, 5.41) is 11.1. The van der Waals surface area contributed by atoms with Gasteiger partial charge in [-0.15, -0.1) is 0 Å². The summed E-state index contributed by atoms with van der Waals surface area (Å²) in [5.74, 6) is -0.289. The average molecular weight is 243 g/mol. The molecule has 0 bridgehead atoms. The van der Waals surface area contributed by atoms with Gasteiger partial charge in [0.25, 0.3) is 0 Å². The molecule has 0 fully saturated rings. The Morgan fingerprint density at radius 2 is 2.38 bits per heavy atom. The van der Waals surface area contributed by atoms with E-state index in [1.807, 2.05) is 0 Å². The van der Waals surface area contributed by atoms with E-state index < -0.39 is 4.92 Å². The first-order chi connectivity index (χ1) is 6.20. The highest BCUT2D eigenvalue weighted by molar-refractivity contribution is 9.10. The maximum atomic E-state index is 10.5. The smallest absolute Gasteiger partial charge is 0.398 e. The van der Waals surface area contributed by atoms with Crippen molar-refractivity contribution in [3.63, 3.8) is 0 Å². The highest BCUT2D eigenvalue weighted by atomic mass is 79.9. The first-order valence-corrected chi connectivity index (χ1v) is 4.16. The van der Waals surface area contributed by atoms with Gasteiger partial charge in [0.05, 0.1) is 6.20 Å². The van der Waals surface area contributed by atoms with E-state index in [1.54, 1.807) is 12.3 Å². The normalized spacial score (nSPS) is 10.5. The van der Waals surface area contributed by atoms with E-state index in [2.05, 4.69) is 20.9 Å². The number of rotatable bonds is 1. The van der Waals surface area contributed by atoms with E-state index in [0.29, 0.717) is 15.4 Å². The molecule has 2 aromatic rings. The number of furan rings is 1. The number of nitro groups is 1. The molecule has 0 atom stereocenters. The average Bonchev–Trinajstić information content (AvgIpc) is 2.45. The zero-order chi connectivity index (χ0) is 9.42. The van der Waals surface area contributed by atoms with Crippen LogP contribution in [0.2, 0.25) is 0 Å². The minimum absolute atomic E-state index is 0.289. The van der Waals surface area contributed by atoms with E-state index >= 15 is 0 Å². The number of halogens is 1. The molecule has 0 aromatic carbocycles. The van der Waals surface area contributed by atoms with E-state index in [9.17, 15) is 10.1 Å². The Labute approximate surface area is 80.6 Å². The predicted octanol–water partition coefficient (Wildman–Crippen LogP) is 2.50. The van der Waals surface area contributed by atoms with Gasteiger partial charge in [-0.2, -0.15) is 0 Å². The van der Waals surface area contributed by atoms with Gasteiger partial charge in [-0.05, 0) is 22.0 Å². The molecule has 13 heavy (non-hydrogen) atoms. The molecule has 0 spiro atoms. The lowest BCUT2D eigenvalue weighted by Crippen LogP contribution is -1.84. The summed E-state index contributed by atoms with van der Waals surface area (Å²) in [6.45, 7) is 0. The summed E-state index contributed by atoms with van der Waals surface area (Å²) >= 11 is 3.09. The molecule has 0 unspecified atom stereocenters. The fourth-order valence-corrected chi connectivity index (χ4v) is 1.58. The van der Waals surface area contributed by atoms with Gasteiger partial charge in [0.15, 0.2) is 5.58 Å². The number of pyridine rings is 1. The highest BCUT2D eigenvalue weighted by Gasteiger charge is 2.21. The Balaban J connectivity index is 2.81. The summed E-state index contributed by atoms with van der Waals surface area (Å²) < 4.78 is 5.31. The van der Waals surface area contributed by atoms with Crippen molar-refractivity contribution in [3.8, 4) is 0 Å². The standard InChI is InChI=1S/C7H3BrN2O3/c8-6-4-1-2-9-3-5(4)13-7(6)10(11)12/h1-3H. The number of hydrogen-bond acceptors (Lipinski definition) is 4. The molecule has 0 radical (unpaired) electrons. The van der Waals surface area contributed by atoms with Crippen molar-refractivity contribution in [2.75, 3.05) is 0 Å². The molecule has 2 heterocycles. The number of aromatic nitrogens is 1. The molecule has 5 nitrogen and oxygen atoms in total.